The van der Waals surface area contributed by atoms with Crippen LogP contribution in [0.15, 0.2) is 36.4 Å². The van der Waals surface area contributed by atoms with Crippen LogP contribution in [-0.2, 0) is 4.79 Å². The van der Waals surface area contributed by atoms with Gasteiger partial charge in [-0.1, -0.05) is 30.3 Å². The number of aryl methyl sites for hydroxylation is 1. The molecule has 1 N–H and O–H groups in total. The molecule has 0 aliphatic rings. The molecule has 0 atom stereocenters. The highest BCUT2D eigenvalue weighted by atomic mass is 32.1. The Kier molecular flexibility index (Phi) is 4.49. The number of hydrogen-bond acceptors (Lipinski definition) is 4. The van der Waals surface area contributed by atoms with Crippen LogP contribution in [0.5, 0.6) is 0 Å². The lowest BCUT2D eigenvalue weighted by Crippen LogP contribution is -2.24. The van der Waals surface area contributed by atoms with E-state index in [9.17, 15) is 14.7 Å². The normalized spacial score (nSPS) is 10.8. The fourth-order valence-corrected chi connectivity index (χ4v) is 2.63. The number of nitrogens with zero attached hydrogens (tertiary/aromatic N) is 2. The van der Waals surface area contributed by atoms with E-state index in [-0.39, 0.29) is 11.5 Å². The van der Waals surface area contributed by atoms with Crippen molar-refractivity contribution in [2.75, 3.05) is 11.9 Å². The summed E-state index contributed by atoms with van der Waals surface area (Å²) in [5.74, 6) is -1.38. The lowest BCUT2D eigenvalue weighted by atomic mass is 10.2. The Hall–Kier alpha value is -2.47. The maximum absolute atomic E-state index is 12.1. The molecule has 0 radical (unpaired) electrons. The number of carbonyl (C=O) groups excluding carboxylic acids is 1. The molecule has 0 saturated carbocycles. The number of amides is 1. The zero-order valence-electron chi connectivity index (χ0n) is 11.6. The second kappa shape index (κ2) is 6.32. The van der Waals surface area contributed by atoms with Crippen LogP contribution in [0.2, 0.25) is 0 Å². The Morgan fingerprint density at radius 1 is 1.29 bits per heavy atom. The van der Waals surface area contributed by atoms with Crippen molar-refractivity contribution in [2.45, 2.75) is 6.92 Å². The molecule has 1 heterocycles. The van der Waals surface area contributed by atoms with Crippen LogP contribution in [0.25, 0.3) is 6.08 Å². The fraction of sp³-hybridized carbons (Fsp3) is 0.133. The van der Waals surface area contributed by atoms with Crippen molar-refractivity contribution >= 4 is 34.5 Å². The SMILES string of the molecule is Cc1nsc(N(C)C(=O)C=Cc2ccccc2)c1C(=O)O. The van der Waals surface area contributed by atoms with Crippen LogP contribution in [0.4, 0.5) is 5.00 Å². The van der Waals surface area contributed by atoms with Gasteiger partial charge in [-0.15, -0.1) is 0 Å². The molecule has 1 aromatic heterocycles. The van der Waals surface area contributed by atoms with Crippen molar-refractivity contribution in [1.29, 1.82) is 0 Å². The Labute approximate surface area is 126 Å². The van der Waals surface area contributed by atoms with E-state index in [1.807, 2.05) is 30.3 Å². The molecule has 2 aromatic rings. The topological polar surface area (TPSA) is 70.5 Å². The molecule has 0 bridgehead atoms. The molecule has 0 aliphatic heterocycles. The summed E-state index contributed by atoms with van der Waals surface area (Å²) >= 11 is 1.00. The van der Waals surface area contributed by atoms with E-state index in [2.05, 4.69) is 4.37 Å². The molecule has 1 amide bonds. The highest BCUT2D eigenvalue weighted by molar-refractivity contribution is 7.11. The van der Waals surface area contributed by atoms with Gasteiger partial charge in [-0.25, -0.2) is 4.79 Å². The van der Waals surface area contributed by atoms with E-state index in [0.29, 0.717) is 10.7 Å². The number of carboxylic acid groups (broad SMARTS) is 1. The number of aromatic carboxylic acids is 1. The van der Waals surface area contributed by atoms with E-state index in [0.717, 1.165) is 17.1 Å². The van der Waals surface area contributed by atoms with Gasteiger partial charge in [0.15, 0.2) is 0 Å². The molecule has 21 heavy (non-hydrogen) atoms. The third kappa shape index (κ3) is 3.35. The van der Waals surface area contributed by atoms with Gasteiger partial charge in [0.05, 0.1) is 5.69 Å². The standard InChI is InChI=1S/C15H14N2O3S/c1-10-13(15(19)20)14(21-16-10)17(2)12(18)9-8-11-6-4-3-5-7-11/h3-9H,1-2H3,(H,19,20). The number of hydrogen-bond donors (Lipinski definition) is 1. The summed E-state index contributed by atoms with van der Waals surface area (Å²) in [5, 5.41) is 9.52. The lowest BCUT2D eigenvalue weighted by Gasteiger charge is -2.13. The van der Waals surface area contributed by atoms with Crippen molar-refractivity contribution in [2.24, 2.45) is 0 Å². The van der Waals surface area contributed by atoms with E-state index >= 15 is 0 Å². The number of likely N-dealkylation sites (N-methyl/N-ethyl adjacent to an activating group) is 1. The number of anilines is 1. The molecule has 1 aromatic carbocycles. The number of benzene rings is 1. The highest BCUT2D eigenvalue weighted by Gasteiger charge is 2.22. The van der Waals surface area contributed by atoms with Crippen molar-refractivity contribution in [3.63, 3.8) is 0 Å². The summed E-state index contributed by atoms with van der Waals surface area (Å²) < 4.78 is 4.00. The van der Waals surface area contributed by atoms with Crippen molar-refractivity contribution in [3.8, 4) is 0 Å². The van der Waals surface area contributed by atoms with Crippen molar-refractivity contribution in [3.05, 3.63) is 53.2 Å². The van der Waals surface area contributed by atoms with E-state index < -0.39 is 5.97 Å². The van der Waals surface area contributed by atoms with Crippen LogP contribution in [0, 0.1) is 6.92 Å². The minimum atomic E-state index is -1.08. The van der Waals surface area contributed by atoms with Crippen molar-refractivity contribution in [1.82, 2.24) is 4.37 Å². The molecular weight excluding hydrogens is 288 g/mol. The van der Waals surface area contributed by atoms with Crippen LogP contribution >= 0.6 is 11.5 Å². The monoisotopic (exact) mass is 302 g/mol. The summed E-state index contributed by atoms with van der Waals surface area (Å²) in [6.45, 7) is 1.61. The van der Waals surface area contributed by atoms with Gasteiger partial charge in [0.1, 0.15) is 10.6 Å². The van der Waals surface area contributed by atoms with Crippen LogP contribution < -0.4 is 4.90 Å². The summed E-state index contributed by atoms with van der Waals surface area (Å²) in [4.78, 5) is 24.6. The van der Waals surface area contributed by atoms with E-state index in [4.69, 9.17) is 0 Å². The highest BCUT2D eigenvalue weighted by Crippen LogP contribution is 2.28. The predicted octanol–water partition coefficient (Wildman–Crippen LogP) is 2.83. The first-order valence-electron chi connectivity index (χ1n) is 6.21. The van der Waals surface area contributed by atoms with Crippen molar-refractivity contribution < 1.29 is 14.7 Å². The first-order valence-corrected chi connectivity index (χ1v) is 6.98. The average molecular weight is 302 g/mol. The third-order valence-electron chi connectivity index (χ3n) is 2.91. The number of carbonyl (C=O) groups is 2. The van der Waals surface area contributed by atoms with E-state index in [1.54, 1.807) is 13.0 Å². The Balaban J connectivity index is 2.20. The molecule has 6 heteroatoms. The van der Waals surface area contributed by atoms with Gasteiger partial charge in [0.2, 0.25) is 0 Å². The second-order valence-electron chi connectivity index (χ2n) is 4.39. The summed E-state index contributed by atoms with van der Waals surface area (Å²) in [7, 11) is 1.54. The quantitative estimate of drug-likeness (QED) is 0.882. The summed E-state index contributed by atoms with van der Waals surface area (Å²) in [5.41, 5.74) is 1.39. The Bertz CT molecular complexity index is 692. The van der Waals surface area contributed by atoms with Gasteiger partial charge in [0, 0.05) is 13.1 Å². The molecule has 0 saturated heterocycles. The average Bonchev–Trinajstić information content (AvgIpc) is 2.87. The van der Waals surface area contributed by atoms with E-state index in [1.165, 1.54) is 18.0 Å². The van der Waals surface area contributed by atoms with Gasteiger partial charge in [0.25, 0.3) is 5.91 Å². The van der Waals surface area contributed by atoms with Gasteiger partial charge < -0.3 is 10.0 Å². The van der Waals surface area contributed by atoms with Crippen LogP contribution in [-0.4, -0.2) is 28.4 Å². The summed E-state index contributed by atoms with van der Waals surface area (Å²) in [6.07, 6.45) is 3.10. The lowest BCUT2D eigenvalue weighted by molar-refractivity contribution is -0.113. The van der Waals surface area contributed by atoms with Gasteiger partial charge >= 0.3 is 5.97 Å². The number of aromatic nitrogens is 1. The number of rotatable bonds is 4. The maximum Gasteiger partial charge on any atom is 0.340 e. The zero-order chi connectivity index (χ0) is 15.4. The molecule has 2 rings (SSSR count). The third-order valence-corrected chi connectivity index (χ3v) is 3.93. The van der Waals surface area contributed by atoms with Crippen LogP contribution in [0.1, 0.15) is 21.6 Å². The zero-order valence-corrected chi connectivity index (χ0v) is 12.4. The molecule has 5 nitrogen and oxygen atoms in total. The molecular formula is C15H14N2O3S. The first kappa shape index (κ1) is 14.9. The molecule has 108 valence electrons. The van der Waals surface area contributed by atoms with Gasteiger partial charge in [-0.2, -0.15) is 4.37 Å². The van der Waals surface area contributed by atoms with Crippen LogP contribution in [0.3, 0.4) is 0 Å². The number of carboxylic acids is 1. The minimum absolute atomic E-state index is 0.0731. The molecule has 0 unspecified atom stereocenters. The molecule has 0 aliphatic carbocycles. The van der Waals surface area contributed by atoms with Gasteiger partial charge in [-0.3, -0.25) is 4.79 Å². The largest absolute Gasteiger partial charge is 0.478 e. The molecule has 0 fully saturated rings. The second-order valence-corrected chi connectivity index (χ2v) is 5.15. The smallest absolute Gasteiger partial charge is 0.340 e. The first-order chi connectivity index (χ1) is 10.0. The maximum atomic E-state index is 12.1. The van der Waals surface area contributed by atoms with Gasteiger partial charge in [-0.05, 0) is 30.1 Å². The Morgan fingerprint density at radius 3 is 2.57 bits per heavy atom. The predicted molar refractivity (Wildman–Crippen MR) is 82.7 cm³/mol. The molecule has 0 spiro atoms. The Morgan fingerprint density at radius 2 is 1.95 bits per heavy atom. The minimum Gasteiger partial charge on any atom is -0.478 e. The summed E-state index contributed by atoms with van der Waals surface area (Å²) in [6, 6.07) is 9.41. The fourth-order valence-electron chi connectivity index (χ4n) is 1.78.